The van der Waals surface area contributed by atoms with E-state index < -0.39 is 5.97 Å². The molecule has 1 aliphatic heterocycles. The normalized spacial score (nSPS) is 21.3. The minimum absolute atomic E-state index is 0.0571. The second-order valence-corrected chi connectivity index (χ2v) is 5.76. The van der Waals surface area contributed by atoms with Crippen molar-refractivity contribution in [3.05, 3.63) is 30.3 Å². The van der Waals surface area contributed by atoms with Crippen LogP contribution >= 0.6 is 0 Å². The van der Waals surface area contributed by atoms with E-state index in [0.717, 1.165) is 18.7 Å². The highest BCUT2D eigenvalue weighted by atomic mass is 16.4. The molecule has 1 fully saturated rings. The Morgan fingerprint density at radius 3 is 2.48 bits per heavy atom. The fourth-order valence-electron chi connectivity index (χ4n) is 2.87. The maximum absolute atomic E-state index is 12.8. The van der Waals surface area contributed by atoms with E-state index in [2.05, 4.69) is 6.92 Å². The highest BCUT2D eigenvalue weighted by Gasteiger charge is 2.33. The van der Waals surface area contributed by atoms with E-state index in [-0.39, 0.29) is 25.0 Å². The number of carbonyl (C=O) groups excluding carboxylic acids is 1. The molecule has 1 aromatic carbocycles. The summed E-state index contributed by atoms with van der Waals surface area (Å²) in [6.45, 7) is 5.10. The van der Waals surface area contributed by atoms with Crippen LogP contribution < -0.4 is 4.90 Å². The average molecular weight is 290 g/mol. The summed E-state index contributed by atoms with van der Waals surface area (Å²) in [5, 5.41) is 8.90. The molecule has 0 spiro atoms. The van der Waals surface area contributed by atoms with Crippen LogP contribution in [-0.4, -0.2) is 41.1 Å². The van der Waals surface area contributed by atoms with Gasteiger partial charge in [0.15, 0.2) is 0 Å². The van der Waals surface area contributed by atoms with Crippen LogP contribution in [0.15, 0.2) is 30.3 Å². The quantitative estimate of drug-likeness (QED) is 0.927. The number of carboxylic acid groups (broad SMARTS) is 1. The fourth-order valence-corrected chi connectivity index (χ4v) is 2.87. The summed E-state index contributed by atoms with van der Waals surface area (Å²) in [6, 6.07) is 9.36. The van der Waals surface area contributed by atoms with E-state index in [1.54, 1.807) is 4.90 Å². The van der Waals surface area contributed by atoms with Crippen molar-refractivity contribution in [1.29, 1.82) is 0 Å². The Labute approximate surface area is 125 Å². The number of para-hydroxylation sites is 1. The molecule has 1 heterocycles. The van der Waals surface area contributed by atoms with Gasteiger partial charge in [-0.1, -0.05) is 25.1 Å². The van der Waals surface area contributed by atoms with Gasteiger partial charge < -0.3 is 10.0 Å². The summed E-state index contributed by atoms with van der Waals surface area (Å²) >= 11 is 0. The molecule has 0 radical (unpaired) electrons. The van der Waals surface area contributed by atoms with E-state index in [1.807, 2.05) is 42.2 Å². The number of amides is 2. The molecule has 5 nitrogen and oxygen atoms in total. The number of anilines is 1. The summed E-state index contributed by atoms with van der Waals surface area (Å²) in [4.78, 5) is 27.0. The van der Waals surface area contributed by atoms with E-state index in [9.17, 15) is 9.59 Å². The predicted octanol–water partition coefficient (Wildman–Crippen LogP) is 2.82. The molecular weight excluding hydrogens is 268 g/mol. The zero-order chi connectivity index (χ0) is 15.4. The van der Waals surface area contributed by atoms with Gasteiger partial charge in [-0.05, 0) is 31.4 Å². The van der Waals surface area contributed by atoms with Gasteiger partial charge in [-0.3, -0.25) is 9.69 Å². The number of rotatable bonds is 4. The van der Waals surface area contributed by atoms with Crippen LogP contribution in [0.2, 0.25) is 0 Å². The van der Waals surface area contributed by atoms with Crippen LogP contribution in [0.4, 0.5) is 10.5 Å². The molecule has 1 aliphatic rings. The number of carboxylic acids is 1. The molecule has 2 atom stereocenters. The van der Waals surface area contributed by atoms with Crippen LogP contribution in [0.5, 0.6) is 0 Å². The summed E-state index contributed by atoms with van der Waals surface area (Å²) in [5.74, 6) is -0.410. The van der Waals surface area contributed by atoms with Crippen molar-refractivity contribution in [2.24, 2.45) is 5.92 Å². The van der Waals surface area contributed by atoms with Crippen LogP contribution in [0.25, 0.3) is 0 Å². The Hall–Kier alpha value is -2.04. The first-order chi connectivity index (χ1) is 9.99. The second kappa shape index (κ2) is 6.61. The largest absolute Gasteiger partial charge is 0.481 e. The number of likely N-dealkylation sites (tertiary alicyclic amines) is 1. The first-order valence-corrected chi connectivity index (χ1v) is 7.34. The highest BCUT2D eigenvalue weighted by Crippen LogP contribution is 2.25. The zero-order valence-electron chi connectivity index (χ0n) is 12.5. The van der Waals surface area contributed by atoms with Crippen molar-refractivity contribution in [3.8, 4) is 0 Å². The molecule has 21 heavy (non-hydrogen) atoms. The Kier molecular flexibility index (Phi) is 4.83. The van der Waals surface area contributed by atoms with Gasteiger partial charge in [0.1, 0.15) is 0 Å². The number of hydrogen-bond donors (Lipinski definition) is 1. The van der Waals surface area contributed by atoms with Gasteiger partial charge in [-0.2, -0.15) is 0 Å². The van der Waals surface area contributed by atoms with Gasteiger partial charge in [0.2, 0.25) is 0 Å². The van der Waals surface area contributed by atoms with Crippen molar-refractivity contribution in [2.75, 3.05) is 18.0 Å². The van der Waals surface area contributed by atoms with Gasteiger partial charge in [0, 0.05) is 24.8 Å². The minimum Gasteiger partial charge on any atom is -0.481 e. The predicted molar refractivity (Wildman–Crippen MR) is 81.4 cm³/mol. The molecule has 114 valence electrons. The number of nitrogens with zero attached hydrogens (tertiary/aromatic N) is 2. The summed E-state index contributed by atoms with van der Waals surface area (Å²) in [7, 11) is 0. The maximum atomic E-state index is 12.8. The lowest BCUT2D eigenvalue weighted by atomic mass is 10.1. The van der Waals surface area contributed by atoms with Crippen molar-refractivity contribution < 1.29 is 14.7 Å². The smallest absolute Gasteiger partial charge is 0.324 e. The lowest BCUT2D eigenvalue weighted by Gasteiger charge is -2.30. The van der Waals surface area contributed by atoms with Crippen molar-refractivity contribution in [3.63, 3.8) is 0 Å². The minimum atomic E-state index is -0.897. The number of carbonyl (C=O) groups is 2. The van der Waals surface area contributed by atoms with E-state index in [1.165, 1.54) is 0 Å². The molecule has 0 saturated carbocycles. The fraction of sp³-hybridized carbons (Fsp3) is 0.500. The molecular formula is C16H22N2O3. The van der Waals surface area contributed by atoms with Crippen LogP contribution in [0.1, 0.15) is 26.7 Å². The summed E-state index contributed by atoms with van der Waals surface area (Å²) < 4.78 is 0. The molecule has 5 heteroatoms. The molecule has 1 saturated heterocycles. The number of urea groups is 1. The zero-order valence-corrected chi connectivity index (χ0v) is 12.5. The molecule has 0 aliphatic carbocycles. The molecule has 0 aromatic heterocycles. The van der Waals surface area contributed by atoms with Crippen LogP contribution in [-0.2, 0) is 4.79 Å². The number of benzene rings is 1. The van der Waals surface area contributed by atoms with Crippen molar-refractivity contribution >= 4 is 17.7 Å². The molecule has 1 N–H and O–H groups in total. The van der Waals surface area contributed by atoms with Gasteiger partial charge in [0.25, 0.3) is 0 Å². The van der Waals surface area contributed by atoms with Crippen molar-refractivity contribution in [1.82, 2.24) is 4.90 Å². The highest BCUT2D eigenvalue weighted by molar-refractivity contribution is 5.92. The lowest BCUT2D eigenvalue weighted by Crippen LogP contribution is -2.45. The molecule has 0 bridgehead atoms. The van der Waals surface area contributed by atoms with Gasteiger partial charge in [-0.15, -0.1) is 0 Å². The molecule has 2 unspecified atom stereocenters. The topological polar surface area (TPSA) is 60.9 Å². The summed E-state index contributed by atoms with van der Waals surface area (Å²) in [5.41, 5.74) is 0.746. The summed E-state index contributed by atoms with van der Waals surface area (Å²) in [6.07, 6.45) is 0.936. The van der Waals surface area contributed by atoms with Gasteiger partial charge >= 0.3 is 12.0 Å². The third-order valence-corrected chi connectivity index (χ3v) is 3.88. The molecule has 2 rings (SSSR count). The lowest BCUT2D eigenvalue weighted by molar-refractivity contribution is -0.136. The Morgan fingerprint density at radius 2 is 1.95 bits per heavy atom. The first kappa shape index (κ1) is 15.4. The Morgan fingerprint density at radius 1 is 1.29 bits per heavy atom. The van der Waals surface area contributed by atoms with E-state index >= 15 is 0 Å². The maximum Gasteiger partial charge on any atom is 0.324 e. The van der Waals surface area contributed by atoms with Gasteiger partial charge in [-0.25, -0.2) is 4.79 Å². The third kappa shape index (κ3) is 3.74. The second-order valence-electron chi connectivity index (χ2n) is 5.76. The third-order valence-electron chi connectivity index (χ3n) is 3.88. The Bertz CT molecular complexity index is 504. The van der Waals surface area contributed by atoms with E-state index in [4.69, 9.17) is 5.11 Å². The average Bonchev–Trinajstić information content (AvgIpc) is 2.78. The Balaban J connectivity index is 2.18. The first-order valence-electron chi connectivity index (χ1n) is 7.34. The number of hydrogen-bond acceptors (Lipinski definition) is 2. The van der Waals surface area contributed by atoms with Crippen LogP contribution in [0.3, 0.4) is 0 Å². The van der Waals surface area contributed by atoms with Crippen molar-refractivity contribution in [2.45, 2.75) is 32.7 Å². The van der Waals surface area contributed by atoms with Gasteiger partial charge in [0.05, 0.1) is 6.42 Å². The molecule has 1 aromatic rings. The number of aliphatic carboxylic acids is 1. The molecule has 2 amide bonds. The van der Waals surface area contributed by atoms with Crippen LogP contribution in [0, 0.1) is 5.92 Å². The van der Waals surface area contributed by atoms with E-state index in [0.29, 0.717) is 5.92 Å². The SMILES string of the molecule is CC1CC(C)N(C(=O)N(CCC(=O)O)c2ccccc2)C1. The standard InChI is InChI=1S/C16H22N2O3/c1-12-10-13(2)18(11-12)16(21)17(9-8-15(19)20)14-6-4-3-5-7-14/h3-7,12-13H,8-11H2,1-2H3,(H,19,20). The monoisotopic (exact) mass is 290 g/mol.